The van der Waals surface area contributed by atoms with Crippen LogP contribution in [0.3, 0.4) is 0 Å². The molecule has 1 aromatic heterocycles. The molecule has 16 heavy (non-hydrogen) atoms. The fraction of sp³-hybridized carbons (Fsp3) is 0.444. The highest BCUT2D eigenvalue weighted by Gasteiger charge is 2.20. The van der Waals surface area contributed by atoms with Gasteiger partial charge in [0.05, 0.1) is 11.8 Å². The second kappa shape index (κ2) is 5.26. The number of aliphatic carboxylic acids is 1. The molecule has 0 fully saturated rings. The van der Waals surface area contributed by atoms with E-state index in [2.05, 4.69) is 10.4 Å². The summed E-state index contributed by atoms with van der Waals surface area (Å²) in [5.74, 6) is -1.69. The number of nitrogens with zero attached hydrogens (tertiary/aromatic N) is 2. The normalized spacial score (nSPS) is 12.1. The lowest BCUT2D eigenvalue weighted by Crippen LogP contribution is -2.41. The van der Waals surface area contributed by atoms with E-state index < -0.39 is 17.9 Å². The van der Waals surface area contributed by atoms with Gasteiger partial charge in [0, 0.05) is 26.3 Å². The number of aromatic nitrogens is 2. The molecular formula is C9H13N3O4. The van der Waals surface area contributed by atoms with Crippen LogP contribution in [0.15, 0.2) is 12.4 Å². The molecule has 0 aliphatic carbocycles. The second-order valence-electron chi connectivity index (χ2n) is 3.28. The van der Waals surface area contributed by atoms with Crippen molar-refractivity contribution in [3.8, 4) is 0 Å². The summed E-state index contributed by atoms with van der Waals surface area (Å²) >= 11 is 0. The summed E-state index contributed by atoms with van der Waals surface area (Å²) < 4.78 is 1.44. The Morgan fingerprint density at radius 2 is 2.31 bits per heavy atom. The van der Waals surface area contributed by atoms with Gasteiger partial charge in [0.15, 0.2) is 0 Å². The fourth-order valence-electron chi connectivity index (χ4n) is 1.17. The maximum atomic E-state index is 11.5. The second-order valence-corrected chi connectivity index (χ2v) is 3.28. The van der Waals surface area contributed by atoms with Crippen molar-refractivity contribution in [2.75, 3.05) is 6.61 Å². The standard InChI is InChI=1S/C9H13N3O4/c1-12-5-6(4-10-12)8(14)11-7(2-3-13)9(15)16/h4-5,7,13H,2-3H2,1H3,(H,11,14)(H,15,16)/t7-/m0/s1. The van der Waals surface area contributed by atoms with Gasteiger partial charge in [-0.3, -0.25) is 9.48 Å². The van der Waals surface area contributed by atoms with Gasteiger partial charge >= 0.3 is 5.97 Å². The SMILES string of the molecule is Cn1cc(C(=O)N[C@@H](CCO)C(=O)O)cn1. The molecule has 1 rings (SSSR count). The van der Waals surface area contributed by atoms with Gasteiger partial charge in [0.1, 0.15) is 6.04 Å². The van der Waals surface area contributed by atoms with Crippen molar-refractivity contribution in [1.29, 1.82) is 0 Å². The van der Waals surface area contributed by atoms with Crippen LogP contribution in [0.5, 0.6) is 0 Å². The zero-order valence-electron chi connectivity index (χ0n) is 8.75. The van der Waals surface area contributed by atoms with Crippen LogP contribution in [-0.4, -0.2) is 44.5 Å². The summed E-state index contributed by atoms with van der Waals surface area (Å²) in [6.07, 6.45) is 2.79. The first-order valence-electron chi connectivity index (χ1n) is 4.67. The number of amides is 1. The van der Waals surface area contributed by atoms with Gasteiger partial charge in [-0.05, 0) is 0 Å². The molecule has 0 spiro atoms. The average Bonchev–Trinajstić information content (AvgIpc) is 2.64. The monoisotopic (exact) mass is 227 g/mol. The number of aliphatic hydroxyl groups excluding tert-OH is 1. The van der Waals surface area contributed by atoms with E-state index in [0.717, 1.165) is 0 Å². The first kappa shape index (κ1) is 12.2. The van der Waals surface area contributed by atoms with Gasteiger partial charge in [0.2, 0.25) is 0 Å². The minimum absolute atomic E-state index is 0.0265. The number of carbonyl (C=O) groups is 2. The molecule has 1 heterocycles. The van der Waals surface area contributed by atoms with E-state index in [0.29, 0.717) is 0 Å². The van der Waals surface area contributed by atoms with Crippen molar-refractivity contribution in [1.82, 2.24) is 15.1 Å². The van der Waals surface area contributed by atoms with Crippen molar-refractivity contribution in [2.45, 2.75) is 12.5 Å². The molecular weight excluding hydrogens is 214 g/mol. The smallest absolute Gasteiger partial charge is 0.326 e. The Morgan fingerprint density at radius 1 is 1.62 bits per heavy atom. The highest BCUT2D eigenvalue weighted by atomic mass is 16.4. The Kier molecular flexibility index (Phi) is 4.01. The van der Waals surface area contributed by atoms with E-state index in [-0.39, 0.29) is 18.6 Å². The number of carboxylic acids is 1. The largest absolute Gasteiger partial charge is 0.480 e. The van der Waals surface area contributed by atoms with Crippen molar-refractivity contribution in [3.05, 3.63) is 18.0 Å². The molecule has 0 saturated carbocycles. The predicted molar refractivity (Wildman–Crippen MR) is 53.8 cm³/mol. The summed E-state index contributed by atoms with van der Waals surface area (Å²) in [4.78, 5) is 22.3. The molecule has 0 unspecified atom stereocenters. The van der Waals surface area contributed by atoms with E-state index >= 15 is 0 Å². The quantitative estimate of drug-likeness (QED) is 0.597. The molecule has 1 amide bonds. The molecule has 3 N–H and O–H groups in total. The third-order valence-corrected chi connectivity index (χ3v) is 1.99. The average molecular weight is 227 g/mol. The van der Waals surface area contributed by atoms with Crippen LogP contribution in [0.2, 0.25) is 0 Å². The Morgan fingerprint density at radius 3 is 2.75 bits per heavy atom. The van der Waals surface area contributed by atoms with E-state index in [4.69, 9.17) is 10.2 Å². The summed E-state index contributed by atoms with van der Waals surface area (Å²) in [5, 5.41) is 23.5. The molecule has 0 aliphatic rings. The number of rotatable bonds is 5. The van der Waals surface area contributed by atoms with E-state index in [1.165, 1.54) is 17.1 Å². The lowest BCUT2D eigenvalue weighted by molar-refractivity contribution is -0.139. The van der Waals surface area contributed by atoms with Gasteiger partial charge in [-0.1, -0.05) is 0 Å². The van der Waals surface area contributed by atoms with Gasteiger partial charge in [-0.25, -0.2) is 4.79 Å². The van der Waals surface area contributed by atoms with Gasteiger partial charge in [-0.2, -0.15) is 5.10 Å². The van der Waals surface area contributed by atoms with E-state index in [1.54, 1.807) is 7.05 Å². The number of hydrogen-bond acceptors (Lipinski definition) is 4. The van der Waals surface area contributed by atoms with Crippen molar-refractivity contribution >= 4 is 11.9 Å². The maximum Gasteiger partial charge on any atom is 0.326 e. The van der Waals surface area contributed by atoms with Gasteiger partial charge in [-0.15, -0.1) is 0 Å². The van der Waals surface area contributed by atoms with Crippen LogP contribution in [0.1, 0.15) is 16.8 Å². The third-order valence-electron chi connectivity index (χ3n) is 1.99. The molecule has 0 saturated heterocycles. The third kappa shape index (κ3) is 3.06. The summed E-state index contributed by atoms with van der Waals surface area (Å²) in [7, 11) is 1.65. The molecule has 0 radical (unpaired) electrons. The Hall–Kier alpha value is -1.89. The lowest BCUT2D eigenvalue weighted by Gasteiger charge is -2.11. The molecule has 0 bridgehead atoms. The number of carbonyl (C=O) groups excluding carboxylic acids is 1. The molecule has 7 nitrogen and oxygen atoms in total. The van der Waals surface area contributed by atoms with Crippen molar-refractivity contribution in [2.24, 2.45) is 7.05 Å². The maximum absolute atomic E-state index is 11.5. The predicted octanol–water partition coefficient (Wildman–Crippen LogP) is -1.01. The van der Waals surface area contributed by atoms with Crippen LogP contribution in [-0.2, 0) is 11.8 Å². The van der Waals surface area contributed by atoms with Crippen LogP contribution >= 0.6 is 0 Å². The van der Waals surface area contributed by atoms with Crippen molar-refractivity contribution in [3.63, 3.8) is 0 Å². The van der Waals surface area contributed by atoms with Crippen LogP contribution < -0.4 is 5.32 Å². The first-order chi connectivity index (χ1) is 7.54. The Labute approximate surface area is 91.7 Å². The number of nitrogens with one attached hydrogen (secondary N) is 1. The molecule has 0 aliphatic heterocycles. The lowest BCUT2D eigenvalue weighted by atomic mass is 10.2. The first-order valence-corrected chi connectivity index (χ1v) is 4.67. The summed E-state index contributed by atoms with van der Waals surface area (Å²) in [6.45, 7) is -0.301. The van der Waals surface area contributed by atoms with Gasteiger partial charge < -0.3 is 15.5 Å². The van der Waals surface area contributed by atoms with Crippen LogP contribution in [0.25, 0.3) is 0 Å². The Bertz CT molecular complexity index is 388. The fourth-order valence-corrected chi connectivity index (χ4v) is 1.17. The molecule has 1 aromatic rings. The van der Waals surface area contributed by atoms with E-state index in [9.17, 15) is 9.59 Å². The summed E-state index contributed by atoms with van der Waals surface area (Å²) in [6, 6.07) is -1.09. The van der Waals surface area contributed by atoms with Crippen LogP contribution in [0, 0.1) is 0 Å². The number of aliphatic hydroxyl groups is 1. The minimum atomic E-state index is -1.17. The molecule has 1 atom stereocenters. The minimum Gasteiger partial charge on any atom is -0.480 e. The molecule has 88 valence electrons. The molecule has 0 aromatic carbocycles. The highest BCUT2D eigenvalue weighted by molar-refractivity contribution is 5.96. The number of carboxylic acid groups (broad SMARTS) is 1. The summed E-state index contributed by atoms with van der Waals surface area (Å²) in [5.41, 5.74) is 0.284. The number of hydrogen-bond donors (Lipinski definition) is 3. The van der Waals surface area contributed by atoms with Gasteiger partial charge in [0.25, 0.3) is 5.91 Å². The van der Waals surface area contributed by atoms with Crippen LogP contribution in [0.4, 0.5) is 0 Å². The number of aryl methyl sites for hydroxylation is 1. The van der Waals surface area contributed by atoms with E-state index in [1.807, 2.05) is 0 Å². The topological polar surface area (TPSA) is 104 Å². The van der Waals surface area contributed by atoms with Crippen molar-refractivity contribution < 1.29 is 19.8 Å². The molecule has 7 heteroatoms. The zero-order chi connectivity index (χ0) is 12.1. The zero-order valence-corrected chi connectivity index (χ0v) is 8.75. The highest BCUT2D eigenvalue weighted by Crippen LogP contribution is 1.99. The Balaban J connectivity index is 2.65.